The molecule has 0 aromatic carbocycles. The predicted octanol–water partition coefficient (Wildman–Crippen LogP) is 1.46. The molecule has 96 valence electrons. The van der Waals surface area contributed by atoms with Gasteiger partial charge in [-0.15, -0.1) is 5.10 Å². The molecule has 0 aliphatic carbocycles. The number of nitrogens with zero attached hydrogens (tertiary/aromatic N) is 5. The molecular weight excluding hydrogens is 228 g/mol. The van der Waals surface area contributed by atoms with Gasteiger partial charge in [0, 0.05) is 18.0 Å². The maximum atomic E-state index is 5.97. The minimum atomic E-state index is -0.150. The van der Waals surface area contributed by atoms with E-state index in [9.17, 15) is 0 Å². The van der Waals surface area contributed by atoms with Crippen molar-refractivity contribution in [3.63, 3.8) is 0 Å². The summed E-state index contributed by atoms with van der Waals surface area (Å²) in [5.41, 5.74) is 8.31. The van der Waals surface area contributed by atoms with E-state index >= 15 is 0 Å². The van der Waals surface area contributed by atoms with E-state index < -0.39 is 0 Å². The van der Waals surface area contributed by atoms with Crippen molar-refractivity contribution in [1.29, 1.82) is 0 Å². The van der Waals surface area contributed by atoms with Crippen LogP contribution in [0, 0.1) is 6.92 Å². The molecule has 0 amide bonds. The summed E-state index contributed by atoms with van der Waals surface area (Å²) in [6, 6.07) is 0. The van der Waals surface area contributed by atoms with Crippen LogP contribution in [0.25, 0.3) is 11.4 Å². The van der Waals surface area contributed by atoms with E-state index in [1.807, 2.05) is 14.0 Å². The lowest BCUT2D eigenvalue weighted by atomic mass is 9.95. The van der Waals surface area contributed by atoms with Crippen LogP contribution in [0.2, 0.25) is 0 Å². The highest BCUT2D eigenvalue weighted by atomic mass is 15.4. The summed E-state index contributed by atoms with van der Waals surface area (Å²) in [6.07, 6.45) is 1.68. The van der Waals surface area contributed by atoms with Gasteiger partial charge < -0.3 is 5.73 Å². The van der Waals surface area contributed by atoms with Gasteiger partial charge in [0.2, 0.25) is 0 Å². The Kier molecular flexibility index (Phi) is 2.80. The molecule has 0 saturated heterocycles. The number of rotatable bonds is 1. The Hall–Kier alpha value is -1.98. The predicted molar refractivity (Wildman–Crippen MR) is 69.9 cm³/mol. The second-order valence-corrected chi connectivity index (χ2v) is 5.40. The van der Waals surface area contributed by atoms with E-state index in [-0.39, 0.29) is 5.41 Å². The summed E-state index contributed by atoms with van der Waals surface area (Å²) < 4.78 is 1.68. The van der Waals surface area contributed by atoms with Crippen molar-refractivity contribution in [3.05, 3.63) is 17.6 Å². The molecule has 0 bridgehead atoms. The third-order valence-electron chi connectivity index (χ3n) is 2.81. The minimum Gasteiger partial charge on any atom is -0.383 e. The molecule has 2 heterocycles. The molecule has 2 rings (SSSR count). The third kappa shape index (κ3) is 2.05. The van der Waals surface area contributed by atoms with Crippen molar-refractivity contribution in [2.45, 2.75) is 33.1 Å². The average molecular weight is 246 g/mol. The highest BCUT2D eigenvalue weighted by Gasteiger charge is 2.21. The fraction of sp³-hybridized carbons (Fsp3) is 0.500. The maximum Gasteiger partial charge on any atom is 0.136 e. The molecule has 6 heteroatoms. The lowest BCUT2D eigenvalue weighted by Gasteiger charge is -2.19. The van der Waals surface area contributed by atoms with Gasteiger partial charge >= 0.3 is 0 Å². The van der Waals surface area contributed by atoms with Crippen molar-refractivity contribution in [3.8, 4) is 11.4 Å². The first-order valence-corrected chi connectivity index (χ1v) is 5.80. The van der Waals surface area contributed by atoms with Gasteiger partial charge in [-0.05, 0) is 6.92 Å². The molecule has 0 unspecified atom stereocenters. The van der Waals surface area contributed by atoms with Crippen LogP contribution in [0.3, 0.4) is 0 Å². The molecule has 0 aliphatic rings. The SMILES string of the molecule is Cc1c(N)nc(C(C)(C)C)nc1-c1cnnn1C. The summed E-state index contributed by atoms with van der Waals surface area (Å²) in [4.78, 5) is 8.98. The Labute approximate surface area is 106 Å². The van der Waals surface area contributed by atoms with Crippen LogP contribution in [-0.4, -0.2) is 25.0 Å². The zero-order valence-electron chi connectivity index (χ0n) is 11.4. The molecule has 0 spiro atoms. The monoisotopic (exact) mass is 246 g/mol. The molecule has 0 fully saturated rings. The number of hydrogen-bond acceptors (Lipinski definition) is 5. The standard InChI is InChI=1S/C12H18N6/c1-7-9(8-6-14-17-18(8)5)15-11(12(2,3)4)16-10(7)13/h6H,1-5H3,(H2,13,15,16). The van der Waals surface area contributed by atoms with E-state index in [2.05, 4.69) is 41.1 Å². The topological polar surface area (TPSA) is 82.5 Å². The van der Waals surface area contributed by atoms with Crippen LogP contribution in [0.1, 0.15) is 32.2 Å². The second-order valence-electron chi connectivity index (χ2n) is 5.40. The van der Waals surface area contributed by atoms with Crippen molar-refractivity contribution < 1.29 is 0 Å². The van der Waals surface area contributed by atoms with Crippen LogP contribution in [-0.2, 0) is 12.5 Å². The van der Waals surface area contributed by atoms with E-state index in [1.54, 1.807) is 10.9 Å². The molecule has 0 saturated carbocycles. The fourth-order valence-electron chi connectivity index (χ4n) is 1.62. The Morgan fingerprint density at radius 3 is 2.39 bits per heavy atom. The first kappa shape index (κ1) is 12.5. The highest BCUT2D eigenvalue weighted by molar-refractivity contribution is 5.63. The quantitative estimate of drug-likeness (QED) is 0.823. The van der Waals surface area contributed by atoms with Crippen LogP contribution >= 0.6 is 0 Å². The molecule has 2 aromatic heterocycles. The average Bonchev–Trinajstić information content (AvgIpc) is 2.67. The number of aryl methyl sites for hydroxylation is 1. The molecule has 18 heavy (non-hydrogen) atoms. The van der Waals surface area contributed by atoms with E-state index in [0.717, 1.165) is 22.8 Å². The van der Waals surface area contributed by atoms with Gasteiger partial charge in [-0.2, -0.15) is 0 Å². The Morgan fingerprint density at radius 2 is 1.89 bits per heavy atom. The van der Waals surface area contributed by atoms with Gasteiger partial charge in [-0.1, -0.05) is 26.0 Å². The highest BCUT2D eigenvalue weighted by Crippen LogP contribution is 2.27. The summed E-state index contributed by atoms with van der Waals surface area (Å²) in [7, 11) is 1.83. The number of nitrogens with two attached hydrogens (primary N) is 1. The molecule has 0 radical (unpaired) electrons. The lowest BCUT2D eigenvalue weighted by molar-refractivity contribution is 0.546. The van der Waals surface area contributed by atoms with Gasteiger partial charge in [0.25, 0.3) is 0 Å². The summed E-state index contributed by atoms with van der Waals surface area (Å²) in [6.45, 7) is 8.08. The van der Waals surface area contributed by atoms with Gasteiger partial charge in [0.05, 0.1) is 11.9 Å². The Balaban J connectivity index is 2.68. The molecule has 0 atom stereocenters. The molecule has 2 aromatic rings. The molecule has 0 aliphatic heterocycles. The van der Waals surface area contributed by atoms with Crippen LogP contribution in [0.15, 0.2) is 6.20 Å². The normalized spacial score (nSPS) is 11.8. The van der Waals surface area contributed by atoms with Crippen LogP contribution < -0.4 is 5.73 Å². The molecule has 2 N–H and O–H groups in total. The third-order valence-corrected chi connectivity index (χ3v) is 2.81. The first-order valence-electron chi connectivity index (χ1n) is 5.80. The summed E-state index contributed by atoms with van der Waals surface area (Å²) in [5, 5.41) is 7.79. The van der Waals surface area contributed by atoms with Crippen molar-refractivity contribution in [2.75, 3.05) is 5.73 Å². The first-order chi connectivity index (χ1) is 8.30. The molecule has 6 nitrogen and oxygen atoms in total. The number of nitrogen functional groups attached to an aromatic ring is 1. The minimum absolute atomic E-state index is 0.150. The van der Waals surface area contributed by atoms with E-state index in [1.165, 1.54) is 0 Å². The van der Waals surface area contributed by atoms with Gasteiger partial charge in [0.15, 0.2) is 0 Å². The summed E-state index contributed by atoms with van der Waals surface area (Å²) >= 11 is 0. The van der Waals surface area contributed by atoms with Crippen LogP contribution in [0.4, 0.5) is 5.82 Å². The van der Waals surface area contributed by atoms with Gasteiger partial charge in [0.1, 0.15) is 17.3 Å². The largest absolute Gasteiger partial charge is 0.383 e. The van der Waals surface area contributed by atoms with Crippen molar-refractivity contribution >= 4 is 5.82 Å². The van der Waals surface area contributed by atoms with Crippen molar-refractivity contribution in [1.82, 2.24) is 25.0 Å². The number of anilines is 1. The molecular formula is C12H18N6. The lowest BCUT2D eigenvalue weighted by Crippen LogP contribution is -2.18. The van der Waals surface area contributed by atoms with Crippen molar-refractivity contribution in [2.24, 2.45) is 7.05 Å². The van der Waals surface area contributed by atoms with Crippen LogP contribution in [0.5, 0.6) is 0 Å². The van der Waals surface area contributed by atoms with Gasteiger partial charge in [-0.25, -0.2) is 14.6 Å². The van der Waals surface area contributed by atoms with Gasteiger partial charge in [-0.3, -0.25) is 0 Å². The maximum absolute atomic E-state index is 5.97. The van der Waals surface area contributed by atoms with E-state index in [0.29, 0.717) is 5.82 Å². The zero-order chi connectivity index (χ0) is 13.5. The van der Waals surface area contributed by atoms with E-state index in [4.69, 9.17) is 5.73 Å². The number of hydrogen-bond donors (Lipinski definition) is 1. The Bertz CT molecular complexity index is 579. The smallest absolute Gasteiger partial charge is 0.136 e. The second kappa shape index (κ2) is 4.04. The summed E-state index contributed by atoms with van der Waals surface area (Å²) in [5.74, 6) is 1.23. The Morgan fingerprint density at radius 1 is 1.22 bits per heavy atom. The fourth-order valence-corrected chi connectivity index (χ4v) is 1.62. The zero-order valence-corrected chi connectivity index (χ0v) is 11.4. The number of aromatic nitrogens is 5.